The molecule has 0 heterocycles. The number of hydrogen-bond donors (Lipinski definition) is 1. The van der Waals surface area contributed by atoms with E-state index >= 15 is 0 Å². The molecule has 1 fully saturated rings. The molecule has 17 heavy (non-hydrogen) atoms. The number of hydrogen-bond acceptors (Lipinski definition) is 2. The van der Waals surface area contributed by atoms with Crippen LogP contribution in [0.5, 0.6) is 0 Å². The summed E-state index contributed by atoms with van der Waals surface area (Å²) in [6.07, 6.45) is 3.98. The molecule has 0 amide bonds. The van der Waals surface area contributed by atoms with E-state index in [1.165, 1.54) is 18.4 Å². The summed E-state index contributed by atoms with van der Waals surface area (Å²) < 4.78 is 7.58. The third-order valence-electron chi connectivity index (χ3n) is 3.30. The SMILES string of the molecule is COC1CCC(NCc2ccc(Br)c(Br)c2)C1. The molecule has 0 aromatic heterocycles. The summed E-state index contributed by atoms with van der Waals surface area (Å²) in [6, 6.07) is 6.97. The zero-order chi connectivity index (χ0) is 12.3. The molecule has 2 unspecified atom stereocenters. The lowest BCUT2D eigenvalue weighted by Gasteiger charge is -2.13. The fourth-order valence-electron chi connectivity index (χ4n) is 2.25. The molecule has 0 spiro atoms. The Labute approximate surface area is 119 Å². The smallest absolute Gasteiger partial charge is 0.0586 e. The van der Waals surface area contributed by atoms with E-state index in [9.17, 15) is 0 Å². The van der Waals surface area contributed by atoms with Gasteiger partial charge in [-0.2, -0.15) is 0 Å². The molecular weight excluding hydrogens is 346 g/mol. The van der Waals surface area contributed by atoms with Crippen LogP contribution in [0.15, 0.2) is 27.1 Å². The lowest BCUT2D eigenvalue weighted by atomic mass is 10.2. The molecule has 2 nitrogen and oxygen atoms in total. The Bertz CT molecular complexity index is 384. The molecule has 0 bridgehead atoms. The fourth-order valence-corrected chi connectivity index (χ4v) is 2.92. The van der Waals surface area contributed by atoms with Gasteiger partial charge in [0, 0.05) is 28.6 Å². The summed E-state index contributed by atoms with van der Waals surface area (Å²) in [5.74, 6) is 0. The van der Waals surface area contributed by atoms with Gasteiger partial charge in [0.05, 0.1) is 6.10 Å². The van der Waals surface area contributed by atoms with E-state index in [1.807, 2.05) is 0 Å². The summed E-state index contributed by atoms with van der Waals surface area (Å²) >= 11 is 7.01. The lowest BCUT2D eigenvalue weighted by molar-refractivity contribution is 0.107. The van der Waals surface area contributed by atoms with Crippen LogP contribution in [0.25, 0.3) is 0 Å². The van der Waals surface area contributed by atoms with Crippen LogP contribution in [0.3, 0.4) is 0 Å². The van der Waals surface area contributed by atoms with Crippen molar-refractivity contribution in [2.45, 2.75) is 38.0 Å². The largest absolute Gasteiger partial charge is 0.381 e. The number of halogens is 2. The lowest BCUT2D eigenvalue weighted by Crippen LogP contribution is -2.26. The molecule has 1 aromatic rings. The van der Waals surface area contributed by atoms with E-state index in [1.54, 1.807) is 7.11 Å². The van der Waals surface area contributed by atoms with Gasteiger partial charge in [0.2, 0.25) is 0 Å². The Morgan fingerprint density at radius 3 is 2.76 bits per heavy atom. The van der Waals surface area contributed by atoms with Crippen LogP contribution in [0.2, 0.25) is 0 Å². The number of methoxy groups -OCH3 is 1. The minimum atomic E-state index is 0.448. The van der Waals surface area contributed by atoms with Crippen LogP contribution in [0, 0.1) is 0 Å². The minimum Gasteiger partial charge on any atom is -0.381 e. The van der Waals surface area contributed by atoms with Crippen LogP contribution in [-0.4, -0.2) is 19.3 Å². The van der Waals surface area contributed by atoms with Crippen LogP contribution in [0.1, 0.15) is 24.8 Å². The molecule has 1 saturated carbocycles. The monoisotopic (exact) mass is 361 g/mol. The molecule has 0 saturated heterocycles. The third kappa shape index (κ3) is 3.78. The average molecular weight is 363 g/mol. The van der Waals surface area contributed by atoms with Gasteiger partial charge in [0.25, 0.3) is 0 Å². The zero-order valence-corrected chi connectivity index (χ0v) is 13.1. The van der Waals surface area contributed by atoms with Gasteiger partial charge in [-0.15, -0.1) is 0 Å². The van der Waals surface area contributed by atoms with Crippen molar-refractivity contribution < 1.29 is 4.74 Å². The molecule has 2 atom stereocenters. The van der Waals surface area contributed by atoms with E-state index < -0.39 is 0 Å². The van der Waals surface area contributed by atoms with Gasteiger partial charge in [-0.3, -0.25) is 0 Å². The predicted molar refractivity (Wildman–Crippen MR) is 77.1 cm³/mol. The van der Waals surface area contributed by atoms with E-state index in [4.69, 9.17) is 4.74 Å². The number of nitrogens with one attached hydrogen (secondary N) is 1. The summed E-state index contributed by atoms with van der Waals surface area (Å²) in [7, 11) is 1.80. The van der Waals surface area contributed by atoms with Gasteiger partial charge >= 0.3 is 0 Å². The maximum absolute atomic E-state index is 5.37. The molecule has 1 N–H and O–H groups in total. The van der Waals surface area contributed by atoms with Crippen LogP contribution in [-0.2, 0) is 11.3 Å². The van der Waals surface area contributed by atoms with Gasteiger partial charge in [-0.25, -0.2) is 0 Å². The molecule has 0 aliphatic heterocycles. The number of benzene rings is 1. The first-order valence-electron chi connectivity index (χ1n) is 5.89. The standard InChI is InChI=1S/C13H17Br2NO/c1-17-11-4-3-10(7-11)16-8-9-2-5-12(14)13(15)6-9/h2,5-6,10-11,16H,3-4,7-8H2,1H3. The summed E-state index contributed by atoms with van der Waals surface area (Å²) in [4.78, 5) is 0. The van der Waals surface area contributed by atoms with Crippen molar-refractivity contribution in [1.29, 1.82) is 0 Å². The van der Waals surface area contributed by atoms with E-state index in [0.29, 0.717) is 12.1 Å². The maximum atomic E-state index is 5.37. The van der Waals surface area contributed by atoms with Gasteiger partial charge < -0.3 is 10.1 Å². The highest BCUT2D eigenvalue weighted by Gasteiger charge is 2.23. The average Bonchev–Trinajstić information content (AvgIpc) is 2.79. The fraction of sp³-hybridized carbons (Fsp3) is 0.538. The third-order valence-corrected chi connectivity index (χ3v) is 5.18. The molecule has 94 valence electrons. The van der Waals surface area contributed by atoms with Crippen LogP contribution >= 0.6 is 31.9 Å². The first-order valence-corrected chi connectivity index (χ1v) is 7.47. The van der Waals surface area contributed by atoms with Crippen molar-refractivity contribution in [3.63, 3.8) is 0 Å². The topological polar surface area (TPSA) is 21.3 Å². The Morgan fingerprint density at radius 2 is 2.12 bits per heavy atom. The highest BCUT2D eigenvalue weighted by atomic mass is 79.9. The Balaban J connectivity index is 1.84. The Morgan fingerprint density at radius 1 is 1.29 bits per heavy atom. The molecular formula is C13H17Br2NO. The van der Waals surface area contributed by atoms with Crippen molar-refractivity contribution in [3.05, 3.63) is 32.7 Å². The number of rotatable bonds is 4. The molecule has 0 radical (unpaired) electrons. The predicted octanol–water partition coefficient (Wildman–Crippen LogP) is 3.87. The van der Waals surface area contributed by atoms with Crippen molar-refractivity contribution >= 4 is 31.9 Å². The van der Waals surface area contributed by atoms with Gasteiger partial charge in [-0.1, -0.05) is 6.07 Å². The molecule has 1 aliphatic carbocycles. The second-order valence-electron chi connectivity index (χ2n) is 4.50. The second kappa shape index (κ2) is 6.32. The van der Waals surface area contributed by atoms with Crippen LogP contribution < -0.4 is 5.32 Å². The van der Waals surface area contributed by atoms with Crippen LogP contribution in [0.4, 0.5) is 0 Å². The zero-order valence-electron chi connectivity index (χ0n) is 9.88. The number of ether oxygens (including phenoxy) is 1. The van der Waals surface area contributed by atoms with Gasteiger partial charge in [0.15, 0.2) is 0 Å². The van der Waals surface area contributed by atoms with Gasteiger partial charge in [0.1, 0.15) is 0 Å². The second-order valence-corrected chi connectivity index (χ2v) is 6.21. The Hall–Kier alpha value is 0.1000. The summed E-state index contributed by atoms with van der Waals surface area (Å²) in [6.45, 7) is 0.924. The first kappa shape index (κ1) is 13.5. The normalized spacial score (nSPS) is 24.2. The van der Waals surface area contributed by atoms with Crippen molar-refractivity contribution in [2.75, 3.05) is 7.11 Å². The minimum absolute atomic E-state index is 0.448. The molecule has 4 heteroatoms. The van der Waals surface area contributed by atoms with Gasteiger partial charge in [-0.05, 0) is 68.8 Å². The van der Waals surface area contributed by atoms with Crippen molar-refractivity contribution in [3.8, 4) is 0 Å². The maximum Gasteiger partial charge on any atom is 0.0586 e. The molecule has 1 aromatic carbocycles. The summed E-state index contributed by atoms with van der Waals surface area (Å²) in [5.41, 5.74) is 1.31. The first-order chi connectivity index (χ1) is 8.19. The quantitative estimate of drug-likeness (QED) is 0.877. The molecule has 1 aliphatic rings. The van der Waals surface area contributed by atoms with E-state index in [0.717, 1.165) is 21.9 Å². The Kier molecular flexibility index (Phi) is 5.03. The van der Waals surface area contributed by atoms with Crippen molar-refractivity contribution in [2.24, 2.45) is 0 Å². The highest BCUT2D eigenvalue weighted by Crippen LogP contribution is 2.25. The van der Waals surface area contributed by atoms with Crippen molar-refractivity contribution in [1.82, 2.24) is 5.32 Å². The van der Waals surface area contributed by atoms with E-state index in [2.05, 4.69) is 55.4 Å². The summed E-state index contributed by atoms with van der Waals surface area (Å²) in [5, 5.41) is 3.59. The molecule has 2 rings (SSSR count). The van der Waals surface area contributed by atoms with E-state index in [-0.39, 0.29) is 0 Å². The highest BCUT2D eigenvalue weighted by molar-refractivity contribution is 9.13.